The molecule has 4 nitrogen and oxygen atoms in total. The summed E-state index contributed by atoms with van der Waals surface area (Å²) < 4.78 is 0. The first-order valence-electron chi connectivity index (χ1n) is 6.71. The predicted octanol–water partition coefficient (Wildman–Crippen LogP) is 1.73. The van der Waals surface area contributed by atoms with Gasteiger partial charge in [0, 0.05) is 6.61 Å². The van der Waals surface area contributed by atoms with Gasteiger partial charge < -0.3 is 15.1 Å². The number of carboxylic acid groups (broad SMARTS) is 1. The molecule has 100 valence electrons. The molecule has 0 spiro atoms. The van der Waals surface area contributed by atoms with E-state index >= 15 is 0 Å². The van der Waals surface area contributed by atoms with E-state index in [2.05, 4.69) is 4.90 Å². The van der Waals surface area contributed by atoms with Gasteiger partial charge in [0.05, 0.1) is 5.41 Å². The zero-order chi connectivity index (χ0) is 12.7. The molecule has 1 heterocycles. The van der Waals surface area contributed by atoms with E-state index in [1.54, 1.807) is 0 Å². The van der Waals surface area contributed by atoms with Crippen LogP contribution in [0.25, 0.3) is 0 Å². The van der Waals surface area contributed by atoms with E-state index in [0.29, 0.717) is 0 Å². The second kappa shape index (κ2) is 6.97. The Balaban J connectivity index is 2.27. The maximum absolute atomic E-state index is 11.3. The van der Waals surface area contributed by atoms with E-state index in [0.717, 1.165) is 58.2 Å². The molecule has 0 aromatic carbocycles. The van der Waals surface area contributed by atoms with Gasteiger partial charge in [0.25, 0.3) is 0 Å². The highest BCUT2D eigenvalue weighted by atomic mass is 16.4. The van der Waals surface area contributed by atoms with Gasteiger partial charge in [0.15, 0.2) is 0 Å². The van der Waals surface area contributed by atoms with Crippen molar-refractivity contribution >= 4 is 5.97 Å². The smallest absolute Gasteiger partial charge is 0.309 e. The molecular formula is C13H25NO3. The molecule has 1 rings (SSSR count). The Morgan fingerprint density at radius 3 is 2.35 bits per heavy atom. The molecule has 17 heavy (non-hydrogen) atoms. The summed E-state index contributed by atoms with van der Waals surface area (Å²) in [5, 5.41) is 18.0. The molecule has 1 fully saturated rings. The normalized spacial score (nSPS) is 20.4. The zero-order valence-corrected chi connectivity index (χ0v) is 10.8. The van der Waals surface area contributed by atoms with Gasteiger partial charge in [0.1, 0.15) is 0 Å². The van der Waals surface area contributed by atoms with Crippen LogP contribution < -0.4 is 0 Å². The van der Waals surface area contributed by atoms with Crippen molar-refractivity contribution in [3.8, 4) is 0 Å². The van der Waals surface area contributed by atoms with E-state index < -0.39 is 11.4 Å². The Kier molecular flexibility index (Phi) is 5.92. The van der Waals surface area contributed by atoms with Crippen LogP contribution in [0.4, 0.5) is 0 Å². The van der Waals surface area contributed by atoms with Crippen molar-refractivity contribution in [3.63, 3.8) is 0 Å². The predicted molar refractivity (Wildman–Crippen MR) is 67.0 cm³/mol. The third-order valence-corrected chi connectivity index (χ3v) is 4.08. The second-order valence-corrected chi connectivity index (χ2v) is 5.06. The Morgan fingerprint density at radius 1 is 1.24 bits per heavy atom. The molecule has 0 amide bonds. The zero-order valence-electron chi connectivity index (χ0n) is 10.8. The minimum Gasteiger partial charge on any atom is -0.481 e. The monoisotopic (exact) mass is 243 g/mol. The Hall–Kier alpha value is -0.610. The maximum atomic E-state index is 11.3. The fraction of sp³-hybridized carbons (Fsp3) is 0.923. The van der Waals surface area contributed by atoms with Crippen LogP contribution in [0.15, 0.2) is 0 Å². The van der Waals surface area contributed by atoms with Crippen LogP contribution in [-0.2, 0) is 4.79 Å². The number of unbranched alkanes of at least 4 members (excludes halogenated alkanes) is 2. The van der Waals surface area contributed by atoms with Crippen molar-refractivity contribution in [2.45, 2.75) is 45.4 Å². The number of rotatable bonds is 7. The summed E-state index contributed by atoms with van der Waals surface area (Å²) in [5.41, 5.74) is -0.471. The Bertz CT molecular complexity index is 235. The van der Waals surface area contributed by atoms with E-state index in [1.807, 2.05) is 6.92 Å². The Labute approximate surface area is 104 Å². The van der Waals surface area contributed by atoms with Crippen LogP contribution in [0, 0.1) is 5.41 Å². The quantitative estimate of drug-likeness (QED) is 0.668. The molecule has 0 atom stereocenters. The highest BCUT2D eigenvalue weighted by molar-refractivity contribution is 5.74. The molecule has 0 aromatic heterocycles. The van der Waals surface area contributed by atoms with Crippen LogP contribution in [0.3, 0.4) is 0 Å². The highest BCUT2D eigenvalue weighted by Crippen LogP contribution is 2.35. The molecule has 1 saturated heterocycles. The summed E-state index contributed by atoms with van der Waals surface area (Å²) in [7, 11) is 0. The third-order valence-electron chi connectivity index (χ3n) is 4.08. The summed E-state index contributed by atoms with van der Waals surface area (Å²) in [5.74, 6) is -0.625. The first kappa shape index (κ1) is 14.5. The number of carboxylic acids is 1. The first-order valence-corrected chi connectivity index (χ1v) is 6.71. The van der Waals surface area contributed by atoms with Crippen molar-refractivity contribution in [2.75, 3.05) is 26.2 Å². The number of hydrogen-bond donors (Lipinski definition) is 2. The van der Waals surface area contributed by atoms with Gasteiger partial charge in [-0.05, 0) is 58.2 Å². The fourth-order valence-electron chi connectivity index (χ4n) is 2.55. The number of likely N-dealkylation sites (tertiary alicyclic amines) is 1. The number of aliphatic hydroxyl groups excluding tert-OH is 1. The maximum Gasteiger partial charge on any atom is 0.309 e. The van der Waals surface area contributed by atoms with Gasteiger partial charge in [-0.2, -0.15) is 0 Å². The number of nitrogens with zero attached hydrogens (tertiary/aromatic N) is 1. The molecule has 0 bridgehead atoms. The first-order chi connectivity index (χ1) is 8.14. The van der Waals surface area contributed by atoms with Gasteiger partial charge in [-0.3, -0.25) is 4.79 Å². The van der Waals surface area contributed by atoms with Crippen molar-refractivity contribution < 1.29 is 15.0 Å². The average Bonchev–Trinajstić information content (AvgIpc) is 2.35. The largest absolute Gasteiger partial charge is 0.481 e. The summed E-state index contributed by atoms with van der Waals surface area (Å²) in [6, 6.07) is 0. The van der Waals surface area contributed by atoms with Gasteiger partial charge in [-0.25, -0.2) is 0 Å². The summed E-state index contributed by atoms with van der Waals surface area (Å²) in [4.78, 5) is 13.6. The van der Waals surface area contributed by atoms with Crippen LogP contribution in [-0.4, -0.2) is 47.3 Å². The van der Waals surface area contributed by atoms with Crippen molar-refractivity contribution in [1.82, 2.24) is 4.90 Å². The number of piperidine rings is 1. The molecule has 1 aliphatic heterocycles. The van der Waals surface area contributed by atoms with E-state index in [1.165, 1.54) is 0 Å². The van der Waals surface area contributed by atoms with E-state index in [4.69, 9.17) is 5.11 Å². The topological polar surface area (TPSA) is 60.8 Å². The van der Waals surface area contributed by atoms with Gasteiger partial charge in [-0.15, -0.1) is 0 Å². The standard InChI is InChI=1S/C13H25NO3/c1-2-13(12(16)17)6-9-14(10-7-13)8-4-3-5-11-15/h15H,2-11H2,1H3,(H,16,17). The van der Waals surface area contributed by atoms with Gasteiger partial charge in [-0.1, -0.05) is 6.92 Å². The number of carbonyl (C=O) groups is 1. The lowest BCUT2D eigenvalue weighted by atomic mass is 9.76. The fourth-order valence-corrected chi connectivity index (χ4v) is 2.55. The molecule has 0 unspecified atom stereocenters. The molecule has 2 N–H and O–H groups in total. The van der Waals surface area contributed by atoms with Crippen molar-refractivity contribution in [1.29, 1.82) is 0 Å². The molecule has 0 saturated carbocycles. The van der Waals surface area contributed by atoms with Crippen LogP contribution in [0.5, 0.6) is 0 Å². The average molecular weight is 243 g/mol. The molecule has 1 aliphatic rings. The lowest BCUT2D eigenvalue weighted by Gasteiger charge is -2.38. The minimum absolute atomic E-state index is 0.276. The third kappa shape index (κ3) is 3.96. The SMILES string of the molecule is CCC1(C(=O)O)CCN(CCCCCO)CC1. The molecular weight excluding hydrogens is 218 g/mol. The summed E-state index contributed by atoms with van der Waals surface area (Å²) >= 11 is 0. The molecule has 0 radical (unpaired) electrons. The van der Waals surface area contributed by atoms with Gasteiger partial charge in [0.2, 0.25) is 0 Å². The van der Waals surface area contributed by atoms with Crippen LogP contribution >= 0.6 is 0 Å². The summed E-state index contributed by atoms with van der Waals surface area (Å²) in [6.07, 6.45) is 5.33. The van der Waals surface area contributed by atoms with Gasteiger partial charge >= 0.3 is 5.97 Å². The van der Waals surface area contributed by atoms with Crippen LogP contribution in [0.2, 0.25) is 0 Å². The van der Waals surface area contributed by atoms with E-state index in [9.17, 15) is 9.90 Å². The minimum atomic E-state index is -0.625. The van der Waals surface area contributed by atoms with Crippen LogP contribution in [0.1, 0.15) is 45.4 Å². The lowest BCUT2D eigenvalue weighted by molar-refractivity contribution is -0.152. The molecule has 0 aromatic rings. The molecule has 0 aliphatic carbocycles. The lowest BCUT2D eigenvalue weighted by Crippen LogP contribution is -2.44. The van der Waals surface area contributed by atoms with E-state index in [-0.39, 0.29) is 6.61 Å². The number of aliphatic hydroxyl groups is 1. The molecule has 4 heteroatoms. The highest BCUT2D eigenvalue weighted by Gasteiger charge is 2.39. The Morgan fingerprint density at radius 2 is 1.88 bits per heavy atom. The number of aliphatic carboxylic acids is 1. The van der Waals surface area contributed by atoms with Crippen molar-refractivity contribution in [3.05, 3.63) is 0 Å². The second-order valence-electron chi connectivity index (χ2n) is 5.06. The summed E-state index contributed by atoms with van der Waals surface area (Å²) in [6.45, 7) is 5.10. The van der Waals surface area contributed by atoms with Crippen molar-refractivity contribution in [2.24, 2.45) is 5.41 Å². The number of hydrogen-bond acceptors (Lipinski definition) is 3.